The number of nitrogens with one attached hydrogen (secondary N) is 2. The first-order chi connectivity index (χ1) is 16.1. The van der Waals surface area contributed by atoms with Crippen LogP contribution in [-0.2, 0) is 21.9 Å². The molecule has 8 heteroatoms. The first kappa shape index (κ1) is 29.4. The molecule has 2 N–H and O–H groups in total. The van der Waals surface area contributed by atoms with Gasteiger partial charge in [0.15, 0.2) is 0 Å². The van der Waals surface area contributed by atoms with Crippen LogP contribution in [-0.4, -0.2) is 62.0 Å². The summed E-state index contributed by atoms with van der Waals surface area (Å²) in [7, 11) is 0. The maximum Gasteiger partial charge on any atom is 2.00 e. The number of fused-ring (bicyclic) bond motifs is 1. The molecule has 2 aromatic carbocycles. The molecule has 2 amide bonds. The molecule has 0 fully saturated rings. The van der Waals surface area contributed by atoms with Crippen LogP contribution in [0.15, 0.2) is 48.5 Å². The smallest absolute Gasteiger partial charge is 0.376 e. The van der Waals surface area contributed by atoms with Crippen LogP contribution < -0.4 is 10.6 Å². The molecule has 1 aliphatic rings. The molecule has 0 saturated carbocycles. The molecule has 0 unspecified atom stereocenters. The summed E-state index contributed by atoms with van der Waals surface area (Å²) in [6.07, 6.45) is 6.28. The molecule has 181 valence electrons. The molecule has 0 bridgehead atoms. The third-order valence-electron chi connectivity index (χ3n) is 5.12. The summed E-state index contributed by atoms with van der Waals surface area (Å²) in [6, 6.07) is 13.5. The van der Waals surface area contributed by atoms with E-state index in [1.54, 1.807) is 54.8 Å². The van der Waals surface area contributed by atoms with Crippen LogP contribution in [0.5, 0.6) is 0 Å². The van der Waals surface area contributed by atoms with Crippen LogP contribution in [0.4, 0.5) is 0 Å². The number of carbonyl (C=O) groups is 3. The molecule has 1 heterocycles. The van der Waals surface area contributed by atoms with Crippen LogP contribution in [0.25, 0.3) is 0 Å². The van der Waals surface area contributed by atoms with Crippen molar-refractivity contribution in [1.82, 2.24) is 15.5 Å². The van der Waals surface area contributed by atoms with Crippen LogP contribution in [0.3, 0.4) is 0 Å². The predicted octanol–water partition coefficient (Wildman–Crippen LogP) is 2.81. The summed E-state index contributed by atoms with van der Waals surface area (Å²) in [5, 5.41) is 6.68. The predicted molar refractivity (Wildman–Crippen MR) is 128 cm³/mol. The van der Waals surface area contributed by atoms with Gasteiger partial charge in [-0.25, -0.2) is 0 Å². The Morgan fingerprint density at radius 2 is 1.35 bits per heavy atom. The maximum atomic E-state index is 12.2. The number of benzene rings is 2. The monoisotopic (exact) mass is 504 g/mol. The van der Waals surface area contributed by atoms with Crippen molar-refractivity contribution in [3.63, 3.8) is 0 Å². The van der Waals surface area contributed by atoms with Crippen molar-refractivity contribution < 1.29 is 36.2 Å². The first-order valence-electron chi connectivity index (χ1n) is 11.2. The summed E-state index contributed by atoms with van der Waals surface area (Å²) < 4.78 is 0. The molecule has 0 atom stereocenters. The average Bonchev–Trinajstić information content (AvgIpc) is 3.10. The minimum absolute atomic E-state index is 0. The van der Waals surface area contributed by atoms with Crippen LogP contribution in [0.2, 0.25) is 0 Å². The minimum Gasteiger partial charge on any atom is -0.376 e. The molecule has 1 aliphatic heterocycles. The molecule has 2 aromatic rings. The fourth-order valence-corrected chi connectivity index (χ4v) is 3.37. The zero-order valence-corrected chi connectivity index (χ0v) is 20.4. The van der Waals surface area contributed by atoms with Crippen molar-refractivity contribution in [2.45, 2.75) is 25.7 Å². The summed E-state index contributed by atoms with van der Waals surface area (Å²) in [5.74, 6) is -0.329. The molecule has 0 aromatic heterocycles. The fraction of sp³-hybridized carbons (Fsp3) is 0.346. The molecule has 0 spiro atoms. The zero-order valence-electron chi connectivity index (χ0n) is 19.2. The van der Waals surface area contributed by atoms with E-state index in [1.165, 1.54) is 4.90 Å². The van der Waals surface area contributed by atoms with Gasteiger partial charge in [-0.15, -0.1) is 17.7 Å². The second-order valence-electron chi connectivity index (χ2n) is 7.53. The number of aldehydes is 1. The quantitative estimate of drug-likeness (QED) is 0.143. The normalized spacial score (nSPS) is 11.9. The van der Waals surface area contributed by atoms with Crippen molar-refractivity contribution in [3.8, 4) is 0 Å². The van der Waals surface area contributed by atoms with Crippen LogP contribution in [0, 0.1) is 6.92 Å². The van der Waals surface area contributed by atoms with E-state index in [1.807, 2.05) is 0 Å². The Hall–Kier alpha value is -2.64. The van der Waals surface area contributed by atoms with Gasteiger partial charge in [0.1, 0.15) is 0 Å². The van der Waals surface area contributed by atoms with E-state index >= 15 is 0 Å². The van der Waals surface area contributed by atoms with Crippen LogP contribution >= 0.6 is 0 Å². The standard InChI is InChI=1S/C18H26N3O2.C8H5O2.Mn/c1-2-10-19-11-5-6-12-20-13-7-14-21-17(22)15-8-3-4-9-16(15)18(21)23;9-5-7-3-1-2-4-8(7)6-10;/h3-4,8-9,19-20H,1-2,5-7,10-14H2;1-5H;/q2*-1;+2. The molecular formula is C26H31MnN3O4. The van der Waals surface area contributed by atoms with Gasteiger partial charge < -0.3 is 27.1 Å². The van der Waals surface area contributed by atoms with Crippen molar-refractivity contribution >= 4 is 24.4 Å². The number of hydrogen-bond acceptors (Lipinski definition) is 6. The van der Waals surface area contributed by atoms with E-state index in [-0.39, 0.29) is 28.9 Å². The van der Waals surface area contributed by atoms with Gasteiger partial charge in [-0.3, -0.25) is 14.5 Å². The van der Waals surface area contributed by atoms with Gasteiger partial charge >= 0.3 is 17.1 Å². The second-order valence-corrected chi connectivity index (χ2v) is 7.53. The van der Waals surface area contributed by atoms with E-state index in [9.17, 15) is 19.2 Å². The maximum absolute atomic E-state index is 12.2. The Labute approximate surface area is 212 Å². The van der Waals surface area contributed by atoms with E-state index in [2.05, 4.69) is 17.6 Å². The number of carbonyl (C=O) groups excluding carboxylic acids is 4. The van der Waals surface area contributed by atoms with Crippen molar-refractivity contribution in [3.05, 3.63) is 77.7 Å². The van der Waals surface area contributed by atoms with Crippen molar-refractivity contribution in [2.24, 2.45) is 0 Å². The Kier molecular flexibility index (Phi) is 14.6. The van der Waals surface area contributed by atoms with Gasteiger partial charge in [-0.2, -0.15) is 12.5 Å². The molecule has 0 aliphatic carbocycles. The molecule has 1 radical (unpaired) electrons. The van der Waals surface area contributed by atoms with Crippen LogP contribution in [0.1, 0.15) is 62.3 Å². The summed E-state index contributed by atoms with van der Waals surface area (Å²) >= 11 is 0. The Morgan fingerprint density at radius 3 is 1.88 bits per heavy atom. The number of nitrogens with zero attached hydrogens (tertiary/aromatic N) is 1. The van der Waals surface area contributed by atoms with Crippen molar-refractivity contribution in [2.75, 3.05) is 32.7 Å². The molecule has 3 rings (SSSR count). The van der Waals surface area contributed by atoms with Crippen molar-refractivity contribution in [1.29, 1.82) is 0 Å². The number of amides is 2. The Morgan fingerprint density at radius 1 is 0.824 bits per heavy atom. The van der Waals surface area contributed by atoms with E-state index in [0.29, 0.717) is 35.1 Å². The largest absolute Gasteiger partial charge is 2.00 e. The molecule has 34 heavy (non-hydrogen) atoms. The minimum atomic E-state index is -0.165. The zero-order chi connectivity index (χ0) is 23.9. The van der Waals surface area contributed by atoms with E-state index < -0.39 is 0 Å². The number of hydrogen-bond donors (Lipinski definition) is 2. The third-order valence-corrected chi connectivity index (χ3v) is 5.12. The molecule has 0 saturated heterocycles. The van der Waals surface area contributed by atoms with Gasteiger partial charge in [0, 0.05) is 6.54 Å². The first-order valence-corrected chi connectivity index (χ1v) is 11.2. The van der Waals surface area contributed by atoms with Gasteiger partial charge in [-0.05, 0) is 57.6 Å². The third kappa shape index (κ3) is 8.95. The SMILES string of the molecule is O=[C-]c1ccccc1C=O.[CH2-]CCNCCCCNCCCN1C(=O)c2ccccc2C1=O.[Mn+2]. The number of unbranched alkanes of at least 4 members (excludes halogenated alkanes) is 1. The van der Waals surface area contributed by atoms with Gasteiger partial charge in [0.25, 0.3) is 11.8 Å². The summed E-state index contributed by atoms with van der Waals surface area (Å²) in [6.45, 7) is 8.06. The van der Waals surface area contributed by atoms with E-state index in [4.69, 9.17) is 0 Å². The number of rotatable bonds is 13. The summed E-state index contributed by atoms with van der Waals surface area (Å²) in [5.41, 5.74) is 1.76. The van der Waals surface area contributed by atoms with Gasteiger partial charge in [0.2, 0.25) is 0 Å². The number of imide groups is 1. The van der Waals surface area contributed by atoms with E-state index in [0.717, 1.165) is 51.9 Å². The molecule has 7 nitrogen and oxygen atoms in total. The average molecular weight is 504 g/mol. The Bertz CT molecular complexity index is 874. The Balaban J connectivity index is 0.000000442. The fourth-order valence-electron chi connectivity index (χ4n) is 3.37. The second kappa shape index (κ2) is 16.9. The molecular weight excluding hydrogens is 473 g/mol. The summed E-state index contributed by atoms with van der Waals surface area (Å²) in [4.78, 5) is 46.0. The van der Waals surface area contributed by atoms with Gasteiger partial charge in [0.05, 0.1) is 23.7 Å². The topological polar surface area (TPSA) is 95.6 Å². The van der Waals surface area contributed by atoms with Gasteiger partial charge in [-0.1, -0.05) is 23.8 Å².